The molecule has 3 N–H and O–H groups in total. The molecule has 0 saturated heterocycles. The Hall–Kier alpha value is -1.06. The Bertz CT molecular complexity index is 363. The SMILES string of the molecule is CN(CCc1ccc(N)cc1)C1CCCCC1O. The molecule has 3 heteroatoms. The zero-order valence-electron chi connectivity index (χ0n) is 11.2. The molecular weight excluding hydrogens is 224 g/mol. The van der Waals surface area contributed by atoms with Crippen molar-refractivity contribution >= 4 is 5.69 Å². The fourth-order valence-corrected chi connectivity index (χ4v) is 2.76. The maximum atomic E-state index is 10.0. The zero-order chi connectivity index (χ0) is 13.0. The number of likely N-dealkylation sites (N-methyl/N-ethyl adjacent to an activating group) is 1. The number of aliphatic hydroxyl groups is 1. The van der Waals surface area contributed by atoms with E-state index >= 15 is 0 Å². The number of nitrogen functional groups attached to an aromatic ring is 1. The third-order valence-corrected chi connectivity index (χ3v) is 3.99. The summed E-state index contributed by atoms with van der Waals surface area (Å²) < 4.78 is 0. The van der Waals surface area contributed by atoms with Crippen LogP contribution in [0.4, 0.5) is 5.69 Å². The highest BCUT2D eigenvalue weighted by molar-refractivity contribution is 5.39. The first-order valence-electron chi connectivity index (χ1n) is 6.89. The molecule has 0 radical (unpaired) electrons. The molecule has 100 valence electrons. The minimum absolute atomic E-state index is 0.143. The quantitative estimate of drug-likeness (QED) is 0.802. The smallest absolute Gasteiger partial charge is 0.0695 e. The van der Waals surface area contributed by atoms with Crippen LogP contribution in [0.5, 0.6) is 0 Å². The summed E-state index contributed by atoms with van der Waals surface area (Å²) >= 11 is 0. The van der Waals surface area contributed by atoms with Gasteiger partial charge in [0.25, 0.3) is 0 Å². The van der Waals surface area contributed by atoms with Crippen LogP contribution in [0.15, 0.2) is 24.3 Å². The summed E-state index contributed by atoms with van der Waals surface area (Å²) in [5, 5.41) is 10.0. The molecule has 2 unspecified atom stereocenters. The molecule has 0 heterocycles. The molecule has 18 heavy (non-hydrogen) atoms. The van der Waals surface area contributed by atoms with E-state index in [2.05, 4.69) is 24.1 Å². The Balaban J connectivity index is 1.83. The number of hydrogen-bond donors (Lipinski definition) is 2. The van der Waals surface area contributed by atoms with Crippen LogP contribution in [0.3, 0.4) is 0 Å². The normalized spacial score (nSPS) is 24.4. The molecule has 0 aromatic heterocycles. The average molecular weight is 248 g/mol. The van der Waals surface area contributed by atoms with Crippen molar-refractivity contribution in [2.24, 2.45) is 0 Å². The number of nitrogens with zero attached hydrogens (tertiary/aromatic N) is 1. The lowest BCUT2D eigenvalue weighted by molar-refractivity contribution is 0.0327. The monoisotopic (exact) mass is 248 g/mol. The Morgan fingerprint density at radius 2 is 1.89 bits per heavy atom. The van der Waals surface area contributed by atoms with Crippen molar-refractivity contribution in [1.29, 1.82) is 0 Å². The largest absolute Gasteiger partial charge is 0.399 e. The predicted octanol–water partition coefficient (Wildman–Crippen LogP) is 2.05. The molecule has 0 aliphatic heterocycles. The Morgan fingerprint density at radius 3 is 2.56 bits per heavy atom. The van der Waals surface area contributed by atoms with Gasteiger partial charge in [-0.05, 0) is 44.0 Å². The van der Waals surface area contributed by atoms with Crippen LogP contribution in [0.1, 0.15) is 31.2 Å². The van der Waals surface area contributed by atoms with Crippen LogP contribution < -0.4 is 5.73 Å². The van der Waals surface area contributed by atoms with Gasteiger partial charge in [0.05, 0.1) is 6.10 Å². The maximum Gasteiger partial charge on any atom is 0.0695 e. The van der Waals surface area contributed by atoms with E-state index in [4.69, 9.17) is 5.73 Å². The second-order valence-electron chi connectivity index (χ2n) is 5.39. The van der Waals surface area contributed by atoms with Gasteiger partial charge >= 0.3 is 0 Å². The molecule has 0 amide bonds. The van der Waals surface area contributed by atoms with E-state index in [0.29, 0.717) is 6.04 Å². The first-order valence-corrected chi connectivity index (χ1v) is 6.89. The Kier molecular flexibility index (Phi) is 4.61. The van der Waals surface area contributed by atoms with Gasteiger partial charge in [-0.25, -0.2) is 0 Å². The third-order valence-electron chi connectivity index (χ3n) is 3.99. The molecule has 0 spiro atoms. The number of anilines is 1. The predicted molar refractivity (Wildman–Crippen MR) is 75.5 cm³/mol. The van der Waals surface area contributed by atoms with Crippen molar-refractivity contribution in [2.75, 3.05) is 19.3 Å². The van der Waals surface area contributed by atoms with Crippen molar-refractivity contribution in [2.45, 2.75) is 44.2 Å². The van der Waals surface area contributed by atoms with Gasteiger partial charge in [0.1, 0.15) is 0 Å². The molecule has 1 aliphatic rings. The molecule has 2 rings (SSSR count). The first-order chi connectivity index (χ1) is 8.66. The summed E-state index contributed by atoms with van der Waals surface area (Å²) in [6.07, 6.45) is 5.36. The number of nitrogens with two attached hydrogens (primary N) is 1. The summed E-state index contributed by atoms with van der Waals surface area (Å²) in [5.74, 6) is 0. The zero-order valence-corrected chi connectivity index (χ0v) is 11.2. The van der Waals surface area contributed by atoms with Gasteiger partial charge in [0.15, 0.2) is 0 Å². The number of benzene rings is 1. The third kappa shape index (κ3) is 3.47. The fraction of sp³-hybridized carbons (Fsp3) is 0.600. The van der Waals surface area contributed by atoms with Crippen molar-refractivity contribution in [3.63, 3.8) is 0 Å². The van der Waals surface area contributed by atoms with Crippen LogP contribution in [0.2, 0.25) is 0 Å². The lowest BCUT2D eigenvalue weighted by Gasteiger charge is -2.35. The molecular formula is C15H24N2O. The average Bonchev–Trinajstić information content (AvgIpc) is 2.38. The van der Waals surface area contributed by atoms with Crippen LogP contribution in [0.25, 0.3) is 0 Å². The molecule has 1 saturated carbocycles. The summed E-state index contributed by atoms with van der Waals surface area (Å²) in [6.45, 7) is 0.992. The Morgan fingerprint density at radius 1 is 1.22 bits per heavy atom. The summed E-state index contributed by atoms with van der Waals surface area (Å²) in [6, 6.07) is 8.41. The topological polar surface area (TPSA) is 49.5 Å². The van der Waals surface area contributed by atoms with E-state index in [1.165, 1.54) is 18.4 Å². The highest BCUT2D eigenvalue weighted by Gasteiger charge is 2.25. The van der Waals surface area contributed by atoms with Crippen molar-refractivity contribution in [1.82, 2.24) is 4.90 Å². The molecule has 3 nitrogen and oxygen atoms in total. The van der Waals surface area contributed by atoms with E-state index < -0.39 is 0 Å². The van der Waals surface area contributed by atoms with Crippen LogP contribution >= 0.6 is 0 Å². The van der Waals surface area contributed by atoms with Crippen molar-refractivity contribution in [3.8, 4) is 0 Å². The van der Waals surface area contributed by atoms with Crippen LogP contribution in [0, 0.1) is 0 Å². The summed E-state index contributed by atoms with van der Waals surface area (Å²) in [7, 11) is 2.12. The lowest BCUT2D eigenvalue weighted by atomic mass is 9.91. The second-order valence-corrected chi connectivity index (χ2v) is 5.39. The molecule has 2 atom stereocenters. The summed E-state index contributed by atoms with van der Waals surface area (Å²) in [5.41, 5.74) is 7.80. The number of aliphatic hydroxyl groups excluding tert-OH is 1. The maximum absolute atomic E-state index is 10.0. The van der Waals surface area contributed by atoms with Crippen LogP contribution in [-0.2, 0) is 6.42 Å². The van der Waals surface area contributed by atoms with Crippen molar-refractivity contribution in [3.05, 3.63) is 29.8 Å². The number of rotatable bonds is 4. The van der Waals surface area contributed by atoms with Gasteiger partial charge < -0.3 is 15.7 Å². The molecule has 0 bridgehead atoms. The van der Waals surface area contributed by atoms with Gasteiger partial charge in [0.2, 0.25) is 0 Å². The number of hydrogen-bond acceptors (Lipinski definition) is 3. The lowest BCUT2D eigenvalue weighted by Crippen LogP contribution is -2.44. The van der Waals surface area contributed by atoms with Gasteiger partial charge in [-0.15, -0.1) is 0 Å². The minimum Gasteiger partial charge on any atom is -0.399 e. The van der Waals surface area contributed by atoms with Crippen LogP contribution in [-0.4, -0.2) is 35.7 Å². The van der Waals surface area contributed by atoms with E-state index in [9.17, 15) is 5.11 Å². The van der Waals surface area contributed by atoms with E-state index in [1.807, 2.05) is 12.1 Å². The fourth-order valence-electron chi connectivity index (χ4n) is 2.76. The minimum atomic E-state index is -0.143. The standard InChI is InChI=1S/C15H24N2O/c1-17(14-4-2-3-5-15(14)18)11-10-12-6-8-13(16)9-7-12/h6-9,14-15,18H,2-5,10-11,16H2,1H3. The molecule has 1 aromatic rings. The Labute approximate surface area is 110 Å². The van der Waals surface area contributed by atoms with E-state index in [0.717, 1.165) is 31.5 Å². The summed E-state index contributed by atoms with van der Waals surface area (Å²) in [4.78, 5) is 2.31. The van der Waals surface area contributed by atoms with Gasteiger partial charge in [-0.3, -0.25) is 0 Å². The van der Waals surface area contributed by atoms with Gasteiger partial charge in [0, 0.05) is 18.3 Å². The van der Waals surface area contributed by atoms with Gasteiger partial charge in [-0.2, -0.15) is 0 Å². The molecule has 1 aliphatic carbocycles. The van der Waals surface area contributed by atoms with E-state index in [1.54, 1.807) is 0 Å². The molecule has 1 fully saturated rings. The highest BCUT2D eigenvalue weighted by atomic mass is 16.3. The van der Waals surface area contributed by atoms with E-state index in [-0.39, 0.29) is 6.10 Å². The molecule has 1 aromatic carbocycles. The second kappa shape index (κ2) is 6.21. The van der Waals surface area contributed by atoms with Crippen molar-refractivity contribution < 1.29 is 5.11 Å². The highest BCUT2D eigenvalue weighted by Crippen LogP contribution is 2.22. The first kappa shape index (κ1) is 13.4. The van der Waals surface area contributed by atoms with Gasteiger partial charge in [-0.1, -0.05) is 25.0 Å².